The van der Waals surface area contributed by atoms with Gasteiger partial charge in [0, 0.05) is 28.7 Å². The van der Waals surface area contributed by atoms with Gasteiger partial charge in [0.1, 0.15) is 63.5 Å². The van der Waals surface area contributed by atoms with Crippen LogP contribution in [0.2, 0.25) is 0 Å². The molecule has 2 aromatic carbocycles. The second-order valence-corrected chi connectivity index (χ2v) is 20.7. The van der Waals surface area contributed by atoms with E-state index in [0.717, 1.165) is 22.3 Å². The van der Waals surface area contributed by atoms with Gasteiger partial charge in [-0.2, -0.15) is 0 Å². The van der Waals surface area contributed by atoms with Crippen molar-refractivity contribution in [3.05, 3.63) is 125 Å². The molecule has 27 nitrogen and oxygen atoms in total. The minimum absolute atomic E-state index is 0.0219. The number of nitrogens with one attached hydrogen (secondary N) is 8. The van der Waals surface area contributed by atoms with Crippen LogP contribution in [0.25, 0.3) is 6.08 Å². The topological polar surface area (TPSA) is 350 Å². The van der Waals surface area contributed by atoms with E-state index in [2.05, 4.69) is 68.9 Å². The van der Waals surface area contributed by atoms with Crippen LogP contribution in [-0.2, 0) is 101 Å². The molecular weight excluding hydrogens is 1240 g/mol. The fourth-order valence-electron chi connectivity index (χ4n) is 6.79. The molecule has 0 aromatic heterocycles. The standard InChI is InChI=1S/C15H22N2O7S.C15H16N2O3S.C15H14N2O3S.C13H18N2O6S/c1-10(2)13(19)22-8-6-21-7-9-24-15(20)23-5-3-4-11-12(18)17-14(25)16-11;2*1-9(2)14(19)20-8-11-5-3-10(4-6-11)7-12-13(18)17-15(21)16-12;1-8(2)11(17)19-6-7-21-13(18)20-5-3-4-9-10(16)15-12(22)14-9/h11H,1,3-9H2,2H3,(H2,16,17,18,25);3-6,12H,1,7-8H2,2H3,(H2,16,17,18,21);3-7H,1,8H2,2H3,(H2,16,17,18,21);9H,1,3-7H2,2H3,(H2,14,15,16,22)/b;;12-7-;. The smallest absolute Gasteiger partial charge is 0.460 e. The van der Waals surface area contributed by atoms with E-state index < -0.39 is 42.2 Å². The van der Waals surface area contributed by atoms with Crippen molar-refractivity contribution >= 4 is 135 Å². The van der Waals surface area contributed by atoms with Crippen molar-refractivity contribution in [1.82, 2.24) is 42.5 Å². The molecule has 0 bridgehead atoms. The van der Waals surface area contributed by atoms with Gasteiger partial charge in [0.25, 0.3) is 5.91 Å². The Morgan fingerprint density at radius 1 is 0.427 bits per heavy atom. The van der Waals surface area contributed by atoms with E-state index >= 15 is 0 Å². The second kappa shape index (κ2) is 39.7. The summed E-state index contributed by atoms with van der Waals surface area (Å²) in [4.78, 5) is 113. The molecule has 0 radical (unpaired) electrons. The summed E-state index contributed by atoms with van der Waals surface area (Å²) >= 11 is 19.4. The third-order valence-electron chi connectivity index (χ3n) is 11.3. The summed E-state index contributed by atoms with van der Waals surface area (Å²) in [5, 5.41) is 22.6. The zero-order chi connectivity index (χ0) is 66.0. The van der Waals surface area contributed by atoms with Gasteiger partial charge >= 0.3 is 36.2 Å². The number of ether oxygens (including phenoxy) is 9. The summed E-state index contributed by atoms with van der Waals surface area (Å²) in [6.07, 6.45) is 2.53. The maximum atomic E-state index is 11.6. The van der Waals surface area contributed by atoms with Gasteiger partial charge in [0.2, 0.25) is 17.7 Å². The van der Waals surface area contributed by atoms with Gasteiger partial charge in [-0.3, -0.25) is 24.5 Å². The molecule has 6 rings (SSSR count). The van der Waals surface area contributed by atoms with Gasteiger partial charge in [-0.15, -0.1) is 0 Å². The van der Waals surface area contributed by atoms with Crippen LogP contribution < -0.4 is 42.5 Å². The first-order valence-corrected chi connectivity index (χ1v) is 28.7. The molecule has 4 heterocycles. The summed E-state index contributed by atoms with van der Waals surface area (Å²) in [5.41, 5.74) is 5.31. The molecule has 4 aliphatic heterocycles. The van der Waals surface area contributed by atoms with Crippen LogP contribution in [0.1, 0.15) is 75.6 Å². The zero-order valence-corrected chi connectivity index (χ0v) is 52.5. The Hall–Kier alpha value is -9.04. The first-order valence-electron chi connectivity index (χ1n) is 27.0. The molecule has 4 amide bonds. The van der Waals surface area contributed by atoms with Crippen LogP contribution in [0.4, 0.5) is 9.59 Å². The molecular formula is C58H70N8O19S4. The van der Waals surface area contributed by atoms with Gasteiger partial charge in [0.15, 0.2) is 20.4 Å². The number of amides is 4. The number of hydrogen-bond donors (Lipinski definition) is 8. The van der Waals surface area contributed by atoms with Crippen molar-refractivity contribution in [1.29, 1.82) is 0 Å². The van der Waals surface area contributed by atoms with Gasteiger partial charge in [-0.05, 0) is 131 Å². The first kappa shape index (κ1) is 74.2. The molecule has 31 heteroatoms. The minimum atomic E-state index is -0.856. The van der Waals surface area contributed by atoms with Crippen LogP contribution in [-0.4, -0.2) is 151 Å². The molecule has 4 saturated heterocycles. The van der Waals surface area contributed by atoms with Crippen molar-refractivity contribution < 1.29 is 90.6 Å². The van der Waals surface area contributed by atoms with E-state index in [1.807, 2.05) is 48.5 Å². The van der Waals surface area contributed by atoms with Crippen molar-refractivity contribution in [2.24, 2.45) is 0 Å². The maximum absolute atomic E-state index is 11.6. The van der Waals surface area contributed by atoms with Crippen LogP contribution in [0.5, 0.6) is 0 Å². The normalized spacial score (nSPS) is 16.3. The average molecular weight is 1310 g/mol. The molecule has 3 unspecified atom stereocenters. The van der Waals surface area contributed by atoms with Crippen LogP contribution in [0.3, 0.4) is 0 Å². The Kier molecular flexibility index (Phi) is 33.1. The van der Waals surface area contributed by atoms with Crippen molar-refractivity contribution in [2.45, 2.75) is 91.1 Å². The lowest BCUT2D eigenvalue weighted by atomic mass is 10.0. The Bertz CT molecular complexity index is 3050. The summed E-state index contributed by atoms with van der Waals surface area (Å²) in [7, 11) is 0. The molecule has 2 aromatic rings. The SMILES string of the molecule is C=C(C)C(=O)OCCOC(=O)OCCCC1NC(=S)NC1=O.C=C(C)C(=O)OCCOCCOC(=O)OCCCC1NC(=S)NC1=O.C=C(C)C(=O)OCc1ccc(/C=C2\NC(=S)NC2=O)cc1.C=C(C)C(=O)OCc1ccc(CC2NC(=S)NC2=O)cc1. The number of rotatable bonds is 28. The number of carbonyl (C=O) groups excluding carboxylic acids is 10. The monoisotopic (exact) mass is 1310 g/mol. The van der Waals surface area contributed by atoms with Crippen molar-refractivity contribution in [3.8, 4) is 0 Å². The lowest BCUT2D eigenvalue weighted by Crippen LogP contribution is -2.30. The summed E-state index contributed by atoms with van der Waals surface area (Å²) < 4.78 is 43.9. The number of hydrogen-bond acceptors (Lipinski definition) is 23. The third-order valence-corrected chi connectivity index (χ3v) is 12.2. The maximum Gasteiger partial charge on any atom is 0.508 e. The van der Waals surface area contributed by atoms with Gasteiger partial charge in [-0.1, -0.05) is 74.8 Å². The Morgan fingerprint density at radius 3 is 1.16 bits per heavy atom. The number of esters is 4. The highest BCUT2D eigenvalue weighted by atomic mass is 32.1. The second-order valence-electron chi connectivity index (χ2n) is 19.1. The summed E-state index contributed by atoms with van der Waals surface area (Å²) in [6.45, 7) is 21.1. The van der Waals surface area contributed by atoms with Crippen molar-refractivity contribution in [3.63, 3.8) is 0 Å². The molecule has 89 heavy (non-hydrogen) atoms. The Balaban J connectivity index is 0.000000311. The third kappa shape index (κ3) is 30.4. The lowest BCUT2D eigenvalue weighted by molar-refractivity contribution is -0.141. The fourth-order valence-corrected chi connectivity index (χ4v) is 7.72. The summed E-state index contributed by atoms with van der Waals surface area (Å²) in [6, 6.07) is 13.7. The molecule has 0 spiro atoms. The van der Waals surface area contributed by atoms with Gasteiger partial charge < -0.3 is 79.8 Å². The molecule has 480 valence electrons. The Morgan fingerprint density at radius 2 is 0.775 bits per heavy atom. The quantitative estimate of drug-likeness (QED) is 0.0198. The van der Waals surface area contributed by atoms with E-state index in [0.29, 0.717) is 75.0 Å². The zero-order valence-electron chi connectivity index (χ0n) is 49.3. The molecule has 8 N–H and O–H groups in total. The van der Waals surface area contributed by atoms with E-state index in [-0.39, 0.29) is 107 Å². The van der Waals surface area contributed by atoms with E-state index in [4.69, 9.17) is 91.5 Å². The highest BCUT2D eigenvalue weighted by Gasteiger charge is 2.29. The number of carbonyl (C=O) groups is 10. The fraction of sp³-hybridized carbons (Fsp3) is 0.379. The Labute approximate surface area is 534 Å². The van der Waals surface area contributed by atoms with Crippen LogP contribution in [0, 0.1) is 0 Å². The van der Waals surface area contributed by atoms with Crippen LogP contribution >= 0.6 is 48.9 Å². The van der Waals surface area contributed by atoms with E-state index in [9.17, 15) is 47.9 Å². The minimum Gasteiger partial charge on any atom is -0.460 e. The highest BCUT2D eigenvalue weighted by Crippen LogP contribution is 2.14. The number of benzene rings is 2. The largest absolute Gasteiger partial charge is 0.508 e. The van der Waals surface area contributed by atoms with E-state index in [1.54, 1.807) is 26.8 Å². The first-order chi connectivity index (χ1) is 42.2. The molecule has 4 fully saturated rings. The lowest BCUT2D eigenvalue weighted by Gasteiger charge is -2.09. The molecule has 3 atom stereocenters. The highest BCUT2D eigenvalue weighted by molar-refractivity contribution is 7.81. The van der Waals surface area contributed by atoms with Crippen LogP contribution in [0.15, 0.2) is 103 Å². The molecule has 0 aliphatic carbocycles. The number of thiocarbonyl (C=S) groups is 4. The average Bonchev–Trinajstić information content (AvgIpc) is 4.33. The predicted octanol–water partition coefficient (Wildman–Crippen LogP) is 3.71. The molecule has 0 saturated carbocycles. The van der Waals surface area contributed by atoms with E-state index in [1.165, 1.54) is 6.92 Å². The van der Waals surface area contributed by atoms with Gasteiger partial charge in [0.05, 0.1) is 26.4 Å². The van der Waals surface area contributed by atoms with Crippen molar-refractivity contribution in [2.75, 3.05) is 52.9 Å². The molecule has 4 aliphatic rings. The van der Waals surface area contributed by atoms with Gasteiger partial charge in [-0.25, -0.2) is 28.8 Å². The summed E-state index contributed by atoms with van der Waals surface area (Å²) in [5.74, 6) is -2.57. The predicted molar refractivity (Wildman–Crippen MR) is 336 cm³/mol.